The molecule has 5 heteroatoms. The van der Waals surface area contributed by atoms with Crippen LogP contribution >= 0.6 is 15.9 Å². The van der Waals surface area contributed by atoms with E-state index in [0.717, 1.165) is 29.5 Å². The monoisotopic (exact) mass is 322 g/mol. The highest BCUT2D eigenvalue weighted by atomic mass is 79.9. The van der Waals surface area contributed by atoms with E-state index in [0.29, 0.717) is 0 Å². The summed E-state index contributed by atoms with van der Waals surface area (Å²) in [5.74, 6) is 0. The number of rotatable bonds is 6. The fraction of sp³-hybridized carbons (Fsp3) is 0.429. The van der Waals surface area contributed by atoms with Gasteiger partial charge >= 0.3 is 0 Å². The largest absolute Gasteiger partial charge is 0.306 e. The zero-order valence-corrected chi connectivity index (χ0v) is 12.9. The molecule has 0 bridgehead atoms. The van der Waals surface area contributed by atoms with Crippen molar-refractivity contribution in [1.29, 1.82) is 0 Å². The van der Waals surface area contributed by atoms with Gasteiger partial charge in [-0.25, -0.2) is 0 Å². The van der Waals surface area contributed by atoms with E-state index in [4.69, 9.17) is 0 Å². The van der Waals surface area contributed by atoms with E-state index in [9.17, 15) is 0 Å². The smallest absolute Gasteiger partial charge is 0.0623 e. The normalized spacial score (nSPS) is 12.6. The molecule has 0 spiro atoms. The lowest BCUT2D eigenvalue weighted by atomic mass is 10.0. The summed E-state index contributed by atoms with van der Waals surface area (Å²) in [4.78, 5) is 4.24. The summed E-state index contributed by atoms with van der Waals surface area (Å²) in [6.45, 7) is 6.11. The molecule has 0 saturated carbocycles. The molecule has 0 amide bonds. The van der Waals surface area contributed by atoms with Gasteiger partial charge in [-0.3, -0.25) is 9.67 Å². The summed E-state index contributed by atoms with van der Waals surface area (Å²) in [5.41, 5.74) is 2.32. The van der Waals surface area contributed by atoms with Gasteiger partial charge in [-0.15, -0.1) is 0 Å². The Hall–Kier alpha value is -1.20. The van der Waals surface area contributed by atoms with E-state index in [1.807, 2.05) is 17.1 Å². The Morgan fingerprint density at radius 1 is 1.26 bits per heavy atom. The molecule has 2 aromatic rings. The molecule has 2 aromatic heterocycles. The first kappa shape index (κ1) is 14.2. The molecular formula is C14H19BrN4. The van der Waals surface area contributed by atoms with Crippen LogP contribution in [0.25, 0.3) is 0 Å². The zero-order chi connectivity index (χ0) is 13.7. The van der Waals surface area contributed by atoms with Crippen LogP contribution in [0.4, 0.5) is 0 Å². The van der Waals surface area contributed by atoms with Gasteiger partial charge in [0.1, 0.15) is 0 Å². The molecule has 1 atom stereocenters. The van der Waals surface area contributed by atoms with Gasteiger partial charge < -0.3 is 5.32 Å². The standard InChI is InChI=1S/C14H19BrN4/c1-3-5-19-10-12(8-18-19)14(17-4-2)11-6-13(15)9-16-7-11/h6-10,14,17H,3-5H2,1-2H3. The maximum atomic E-state index is 4.40. The van der Waals surface area contributed by atoms with Crippen LogP contribution in [-0.4, -0.2) is 21.3 Å². The average molecular weight is 323 g/mol. The van der Waals surface area contributed by atoms with Gasteiger partial charge in [0, 0.05) is 35.2 Å². The topological polar surface area (TPSA) is 42.7 Å². The van der Waals surface area contributed by atoms with Gasteiger partial charge in [0.05, 0.1) is 12.2 Å². The molecule has 0 aliphatic carbocycles. The van der Waals surface area contributed by atoms with Crippen molar-refractivity contribution in [3.05, 3.63) is 46.5 Å². The summed E-state index contributed by atoms with van der Waals surface area (Å²) >= 11 is 3.47. The van der Waals surface area contributed by atoms with E-state index >= 15 is 0 Å². The second-order valence-corrected chi connectivity index (χ2v) is 5.38. The second-order valence-electron chi connectivity index (χ2n) is 4.46. The number of nitrogens with one attached hydrogen (secondary N) is 1. The molecule has 0 aliphatic rings. The van der Waals surface area contributed by atoms with E-state index in [1.54, 1.807) is 6.20 Å². The van der Waals surface area contributed by atoms with Crippen molar-refractivity contribution in [3.63, 3.8) is 0 Å². The molecule has 0 saturated heterocycles. The van der Waals surface area contributed by atoms with Crippen LogP contribution in [-0.2, 0) is 6.54 Å². The van der Waals surface area contributed by atoms with E-state index in [1.165, 1.54) is 5.56 Å². The Morgan fingerprint density at radius 3 is 2.79 bits per heavy atom. The molecule has 0 aliphatic heterocycles. The number of aromatic nitrogens is 3. The first-order valence-electron chi connectivity index (χ1n) is 6.60. The summed E-state index contributed by atoms with van der Waals surface area (Å²) in [7, 11) is 0. The number of hydrogen-bond acceptors (Lipinski definition) is 3. The third-order valence-corrected chi connectivity index (χ3v) is 3.34. The van der Waals surface area contributed by atoms with E-state index in [-0.39, 0.29) is 6.04 Å². The molecule has 4 nitrogen and oxygen atoms in total. The Bertz CT molecular complexity index is 524. The van der Waals surface area contributed by atoms with Crippen molar-refractivity contribution in [2.45, 2.75) is 32.9 Å². The van der Waals surface area contributed by atoms with Crippen molar-refractivity contribution in [2.24, 2.45) is 0 Å². The van der Waals surface area contributed by atoms with Crippen molar-refractivity contribution >= 4 is 15.9 Å². The molecule has 102 valence electrons. The molecule has 1 unspecified atom stereocenters. The summed E-state index contributed by atoms with van der Waals surface area (Å²) < 4.78 is 2.99. The Kier molecular flexibility index (Phi) is 5.10. The number of hydrogen-bond donors (Lipinski definition) is 1. The van der Waals surface area contributed by atoms with Crippen molar-refractivity contribution in [2.75, 3.05) is 6.54 Å². The lowest BCUT2D eigenvalue weighted by Crippen LogP contribution is -2.21. The summed E-state index contributed by atoms with van der Waals surface area (Å²) in [6.07, 6.45) is 8.83. The van der Waals surface area contributed by atoms with Crippen LogP contribution in [0.5, 0.6) is 0 Å². The molecule has 0 fully saturated rings. The minimum Gasteiger partial charge on any atom is -0.306 e. The highest BCUT2D eigenvalue weighted by molar-refractivity contribution is 9.10. The van der Waals surface area contributed by atoms with Gasteiger partial charge in [0.15, 0.2) is 0 Å². The highest BCUT2D eigenvalue weighted by Gasteiger charge is 2.15. The first-order chi connectivity index (χ1) is 9.24. The minimum atomic E-state index is 0.139. The highest BCUT2D eigenvalue weighted by Crippen LogP contribution is 2.23. The van der Waals surface area contributed by atoms with Gasteiger partial charge in [-0.05, 0) is 40.5 Å². The quantitative estimate of drug-likeness (QED) is 0.888. The molecular weight excluding hydrogens is 304 g/mol. The van der Waals surface area contributed by atoms with Crippen LogP contribution < -0.4 is 5.32 Å². The van der Waals surface area contributed by atoms with Crippen LogP contribution in [0.15, 0.2) is 35.3 Å². The van der Waals surface area contributed by atoms with Gasteiger partial charge in [-0.2, -0.15) is 5.10 Å². The molecule has 19 heavy (non-hydrogen) atoms. The zero-order valence-electron chi connectivity index (χ0n) is 11.3. The molecule has 2 heterocycles. The van der Waals surface area contributed by atoms with Gasteiger partial charge in [0.25, 0.3) is 0 Å². The van der Waals surface area contributed by atoms with Crippen LogP contribution in [0.1, 0.15) is 37.4 Å². The molecule has 2 rings (SSSR count). The van der Waals surface area contributed by atoms with E-state index < -0.39 is 0 Å². The lowest BCUT2D eigenvalue weighted by Gasteiger charge is -2.16. The van der Waals surface area contributed by atoms with Crippen molar-refractivity contribution in [3.8, 4) is 0 Å². The van der Waals surface area contributed by atoms with Crippen molar-refractivity contribution in [1.82, 2.24) is 20.1 Å². The predicted molar refractivity (Wildman–Crippen MR) is 80.0 cm³/mol. The minimum absolute atomic E-state index is 0.139. The Balaban J connectivity index is 2.28. The molecule has 1 N–H and O–H groups in total. The van der Waals surface area contributed by atoms with Crippen molar-refractivity contribution < 1.29 is 0 Å². The third kappa shape index (κ3) is 3.64. The van der Waals surface area contributed by atoms with Crippen LogP contribution in [0, 0.1) is 0 Å². The maximum Gasteiger partial charge on any atom is 0.0623 e. The molecule has 0 radical (unpaired) electrons. The van der Waals surface area contributed by atoms with Gasteiger partial charge in [0.2, 0.25) is 0 Å². The number of pyridine rings is 1. The summed E-state index contributed by atoms with van der Waals surface area (Å²) in [5, 5.41) is 7.89. The maximum absolute atomic E-state index is 4.40. The number of aryl methyl sites for hydroxylation is 1. The van der Waals surface area contributed by atoms with E-state index in [2.05, 4.69) is 57.4 Å². The second kappa shape index (κ2) is 6.82. The molecule has 0 aromatic carbocycles. The third-order valence-electron chi connectivity index (χ3n) is 2.91. The number of nitrogens with zero attached hydrogens (tertiary/aromatic N) is 3. The SMILES string of the molecule is CCCn1cc(C(NCC)c2cncc(Br)c2)cn1. The average Bonchev–Trinajstić information content (AvgIpc) is 2.85. The van der Waals surface area contributed by atoms with Crippen LogP contribution in [0.3, 0.4) is 0 Å². The Morgan fingerprint density at radius 2 is 2.11 bits per heavy atom. The predicted octanol–water partition coefficient (Wildman–Crippen LogP) is 3.15. The number of halogens is 1. The first-order valence-corrected chi connectivity index (χ1v) is 7.40. The fourth-order valence-electron chi connectivity index (χ4n) is 2.10. The lowest BCUT2D eigenvalue weighted by molar-refractivity contribution is 0.597. The Labute approximate surface area is 122 Å². The summed E-state index contributed by atoms with van der Waals surface area (Å²) in [6, 6.07) is 2.23. The van der Waals surface area contributed by atoms with Gasteiger partial charge in [-0.1, -0.05) is 13.8 Å². The van der Waals surface area contributed by atoms with Crippen LogP contribution in [0.2, 0.25) is 0 Å². The fourth-order valence-corrected chi connectivity index (χ4v) is 2.48.